The molecular formula is C21H26N2O7. The molecule has 1 aromatic carbocycles. The molecule has 162 valence electrons. The summed E-state index contributed by atoms with van der Waals surface area (Å²) in [5.41, 5.74) is 0.0866. The smallest absolute Gasteiger partial charge is 0.414 e. The van der Waals surface area contributed by atoms with Gasteiger partial charge in [0.25, 0.3) is 0 Å². The van der Waals surface area contributed by atoms with Crippen LogP contribution in [-0.2, 0) is 35.2 Å². The van der Waals surface area contributed by atoms with Crippen molar-refractivity contribution >= 4 is 23.7 Å². The van der Waals surface area contributed by atoms with Crippen LogP contribution >= 0.6 is 0 Å². The van der Waals surface area contributed by atoms with Gasteiger partial charge >= 0.3 is 18.0 Å². The summed E-state index contributed by atoms with van der Waals surface area (Å²) >= 11 is 0. The van der Waals surface area contributed by atoms with E-state index in [4.69, 9.17) is 19.0 Å². The number of carbonyl (C=O) groups is 3. The normalized spacial score (nSPS) is 22.6. The van der Waals surface area contributed by atoms with Crippen molar-refractivity contribution in [2.45, 2.75) is 58.6 Å². The molecule has 0 unspecified atom stereocenters. The Balaban J connectivity index is 1.78. The lowest BCUT2D eigenvalue weighted by Gasteiger charge is -2.29. The van der Waals surface area contributed by atoms with Crippen LogP contribution in [0.2, 0.25) is 0 Å². The largest absolute Gasteiger partial charge is 0.461 e. The topological polar surface area (TPSA) is 104 Å². The monoisotopic (exact) mass is 418 g/mol. The third-order valence-corrected chi connectivity index (χ3v) is 4.63. The van der Waals surface area contributed by atoms with Crippen molar-refractivity contribution in [2.75, 3.05) is 6.61 Å². The van der Waals surface area contributed by atoms with Gasteiger partial charge in [0.1, 0.15) is 18.2 Å². The zero-order chi connectivity index (χ0) is 21.9. The molecule has 1 amide bonds. The molecule has 2 aliphatic heterocycles. The van der Waals surface area contributed by atoms with Gasteiger partial charge in [-0.15, -0.1) is 0 Å². The minimum atomic E-state index is -0.974. The van der Waals surface area contributed by atoms with Gasteiger partial charge in [-0.25, -0.2) is 14.4 Å². The average Bonchev–Trinajstić information content (AvgIpc) is 3.24. The summed E-state index contributed by atoms with van der Waals surface area (Å²) in [6, 6.07) is 8.23. The summed E-state index contributed by atoms with van der Waals surface area (Å²) in [4.78, 5) is 44.4. The second kappa shape index (κ2) is 8.73. The molecule has 0 aliphatic carbocycles. The van der Waals surface area contributed by atoms with Crippen molar-refractivity contribution in [3.05, 3.63) is 35.9 Å². The highest BCUT2D eigenvalue weighted by molar-refractivity contribution is 6.37. The first-order valence-electron chi connectivity index (χ1n) is 9.84. The zero-order valence-electron chi connectivity index (χ0n) is 17.5. The highest BCUT2D eigenvalue weighted by atomic mass is 16.7. The first-order chi connectivity index (χ1) is 14.2. The molecular weight excluding hydrogens is 392 g/mol. The second-order valence-electron chi connectivity index (χ2n) is 8.03. The average molecular weight is 418 g/mol. The van der Waals surface area contributed by atoms with Crippen LogP contribution in [0.3, 0.4) is 0 Å². The fourth-order valence-corrected chi connectivity index (χ4v) is 3.37. The fraction of sp³-hybridized carbons (Fsp3) is 0.524. The number of ether oxygens (including phenoxy) is 3. The predicted octanol–water partition coefficient (Wildman–Crippen LogP) is 2.63. The Bertz CT molecular complexity index is 832. The van der Waals surface area contributed by atoms with E-state index in [0.717, 1.165) is 5.56 Å². The number of fused-ring (bicyclic) bond motifs is 1. The van der Waals surface area contributed by atoms with E-state index >= 15 is 0 Å². The van der Waals surface area contributed by atoms with E-state index in [1.807, 2.05) is 30.3 Å². The molecule has 9 nitrogen and oxygen atoms in total. The Morgan fingerprint density at radius 3 is 2.50 bits per heavy atom. The van der Waals surface area contributed by atoms with Crippen molar-refractivity contribution in [2.24, 2.45) is 11.1 Å². The van der Waals surface area contributed by atoms with Crippen LogP contribution in [0, 0.1) is 5.92 Å². The van der Waals surface area contributed by atoms with Crippen LogP contribution in [0.1, 0.15) is 39.7 Å². The number of nitrogens with zero attached hydrogens (tertiary/aromatic N) is 2. The Hall–Kier alpha value is -3.10. The van der Waals surface area contributed by atoms with Gasteiger partial charge in [-0.05, 0) is 39.7 Å². The van der Waals surface area contributed by atoms with Crippen LogP contribution in [0.15, 0.2) is 35.5 Å². The predicted molar refractivity (Wildman–Crippen MR) is 105 cm³/mol. The van der Waals surface area contributed by atoms with Crippen LogP contribution in [0.4, 0.5) is 4.79 Å². The second-order valence-corrected chi connectivity index (χ2v) is 8.03. The maximum atomic E-state index is 12.8. The van der Waals surface area contributed by atoms with Gasteiger partial charge in [0, 0.05) is 0 Å². The molecule has 0 saturated carbocycles. The van der Waals surface area contributed by atoms with Crippen molar-refractivity contribution in [1.82, 2.24) is 4.90 Å². The minimum Gasteiger partial charge on any atom is -0.461 e. The summed E-state index contributed by atoms with van der Waals surface area (Å²) < 4.78 is 15.9. The van der Waals surface area contributed by atoms with Crippen molar-refractivity contribution in [1.29, 1.82) is 0 Å². The zero-order valence-corrected chi connectivity index (χ0v) is 17.5. The number of esters is 2. The van der Waals surface area contributed by atoms with Crippen LogP contribution < -0.4 is 0 Å². The summed E-state index contributed by atoms with van der Waals surface area (Å²) in [5, 5.41) is 3.80. The Kier molecular flexibility index (Phi) is 6.28. The van der Waals surface area contributed by atoms with Gasteiger partial charge < -0.3 is 19.0 Å². The molecule has 0 N–H and O–H groups in total. The lowest BCUT2D eigenvalue weighted by molar-refractivity contribution is -0.153. The number of oxime groups is 1. The third-order valence-electron chi connectivity index (χ3n) is 4.63. The Morgan fingerprint density at radius 2 is 1.87 bits per heavy atom. The molecule has 0 bridgehead atoms. The molecule has 1 aromatic rings. The first kappa shape index (κ1) is 21.6. The fourth-order valence-electron chi connectivity index (χ4n) is 3.37. The lowest BCUT2D eigenvalue weighted by atomic mass is 9.99. The number of benzene rings is 1. The van der Waals surface area contributed by atoms with Crippen molar-refractivity contribution in [3.8, 4) is 0 Å². The Morgan fingerprint density at radius 1 is 1.17 bits per heavy atom. The van der Waals surface area contributed by atoms with Gasteiger partial charge in [-0.1, -0.05) is 35.5 Å². The van der Waals surface area contributed by atoms with Gasteiger partial charge in [0.2, 0.25) is 6.23 Å². The SMILES string of the molecule is CCOC(=O)C1=NO[C@@H]2[C@H]1C[C@@H](C(=O)OCc1ccccc1)N2C(=O)OC(C)(C)C. The molecule has 3 atom stereocenters. The first-order valence-corrected chi connectivity index (χ1v) is 9.84. The third kappa shape index (κ3) is 4.72. The van der Waals surface area contributed by atoms with Crippen LogP contribution in [-0.4, -0.2) is 53.1 Å². The number of hydrogen-bond donors (Lipinski definition) is 0. The van der Waals surface area contributed by atoms with E-state index in [0.29, 0.717) is 0 Å². The molecule has 0 aromatic heterocycles. The highest BCUT2D eigenvalue weighted by Crippen LogP contribution is 2.38. The van der Waals surface area contributed by atoms with E-state index < -0.39 is 41.8 Å². The van der Waals surface area contributed by atoms with E-state index in [1.54, 1.807) is 27.7 Å². The molecule has 1 saturated heterocycles. The maximum absolute atomic E-state index is 12.8. The molecule has 0 spiro atoms. The maximum Gasteiger partial charge on any atom is 0.414 e. The van der Waals surface area contributed by atoms with Gasteiger partial charge in [0.15, 0.2) is 5.71 Å². The Labute approximate surface area is 174 Å². The number of carbonyl (C=O) groups excluding carboxylic acids is 3. The molecule has 2 aliphatic rings. The van der Waals surface area contributed by atoms with Crippen LogP contribution in [0.25, 0.3) is 0 Å². The molecule has 30 heavy (non-hydrogen) atoms. The van der Waals surface area contributed by atoms with Gasteiger partial charge in [-0.2, -0.15) is 0 Å². The van der Waals surface area contributed by atoms with Crippen LogP contribution in [0.5, 0.6) is 0 Å². The lowest BCUT2D eigenvalue weighted by Crippen LogP contribution is -2.48. The standard InChI is InChI=1S/C21H26N2O7/c1-5-27-19(25)16-14-11-15(18(24)28-12-13-9-7-6-8-10-13)23(17(14)30-22-16)20(26)29-21(2,3)4/h6-10,14-15,17H,5,11-12H2,1-4H3/t14-,15-,17+/m0/s1. The summed E-state index contributed by atoms with van der Waals surface area (Å²) in [5.74, 6) is -1.84. The summed E-state index contributed by atoms with van der Waals surface area (Å²) in [7, 11) is 0. The van der Waals surface area contributed by atoms with Crippen molar-refractivity contribution in [3.63, 3.8) is 0 Å². The number of hydrogen-bond acceptors (Lipinski definition) is 8. The number of likely N-dealkylation sites (tertiary alicyclic amines) is 1. The quantitative estimate of drug-likeness (QED) is 0.535. The molecule has 2 heterocycles. The highest BCUT2D eigenvalue weighted by Gasteiger charge is 2.56. The summed E-state index contributed by atoms with van der Waals surface area (Å²) in [6.45, 7) is 7.07. The summed E-state index contributed by atoms with van der Waals surface area (Å²) in [6.07, 6.45) is -1.56. The van der Waals surface area contributed by atoms with Gasteiger partial charge in [0.05, 0.1) is 12.5 Å². The van der Waals surface area contributed by atoms with E-state index in [9.17, 15) is 14.4 Å². The minimum absolute atomic E-state index is 0.0498. The molecule has 9 heteroatoms. The molecule has 3 rings (SSSR count). The van der Waals surface area contributed by atoms with E-state index in [2.05, 4.69) is 5.16 Å². The number of amides is 1. The molecule has 1 fully saturated rings. The van der Waals surface area contributed by atoms with Crippen molar-refractivity contribution < 1.29 is 33.4 Å². The van der Waals surface area contributed by atoms with Gasteiger partial charge in [-0.3, -0.25) is 4.90 Å². The molecule has 0 radical (unpaired) electrons. The number of rotatable bonds is 5. The van der Waals surface area contributed by atoms with E-state index in [1.165, 1.54) is 4.90 Å². The van der Waals surface area contributed by atoms with E-state index in [-0.39, 0.29) is 25.3 Å².